The van der Waals surface area contributed by atoms with E-state index < -0.39 is 0 Å². The van der Waals surface area contributed by atoms with Gasteiger partial charge in [-0.25, -0.2) is 0 Å². The molecule has 0 spiro atoms. The number of nitrogens with zero attached hydrogens (tertiary/aromatic N) is 1. The van der Waals surface area contributed by atoms with E-state index in [-0.39, 0.29) is 0 Å². The number of methoxy groups -OCH3 is 1. The van der Waals surface area contributed by atoms with Crippen LogP contribution in [0.25, 0.3) is 0 Å². The van der Waals surface area contributed by atoms with E-state index in [1.165, 1.54) is 50.9 Å². The molecule has 0 radical (unpaired) electrons. The Hall–Kier alpha value is -1.02. The monoisotopic (exact) mass is 261 g/mol. The van der Waals surface area contributed by atoms with Gasteiger partial charge in [0.2, 0.25) is 0 Å². The number of rotatable bonds is 6. The van der Waals surface area contributed by atoms with E-state index in [0.717, 1.165) is 5.75 Å². The van der Waals surface area contributed by atoms with Gasteiger partial charge in [0.1, 0.15) is 5.75 Å². The van der Waals surface area contributed by atoms with Crippen molar-refractivity contribution < 1.29 is 4.74 Å². The standard InChI is InChI=1S/C17H27NO/c1-4-9-17(10-12-18(14-17)11-5-2)15-7-6-8-16(13-15)19-3/h6-8,13H,4-5,9-12,14H2,1-3H3/t17-/m1/s1. The summed E-state index contributed by atoms with van der Waals surface area (Å²) in [6.07, 6.45) is 5.06. The number of ether oxygens (including phenoxy) is 1. The Morgan fingerprint density at radius 1 is 1.26 bits per heavy atom. The molecule has 2 rings (SSSR count). The highest BCUT2D eigenvalue weighted by molar-refractivity contribution is 5.35. The Bertz CT molecular complexity index is 404. The molecule has 0 amide bonds. The van der Waals surface area contributed by atoms with Crippen LogP contribution in [-0.2, 0) is 5.41 Å². The topological polar surface area (TPSA) is 12.5 Å². The Balaban J connectivity index is 2.24. The summed E-state index contributed by atoms with van der Waals surface area (Å²) in [5, 5.41) is 0. The minimum absolute atomic E-state index is 0.346. The van der Waals surface area contributed by atoms with Crippen molar-refractivity contribution >= 4 is 0 Å². The lowest BCUT2D eigenvalue weighted by atomic mass is 9.76. The van der Waals surface area contributed by atoms with Crippen LogP contribution in [0.3, 0.4) is 0 Å². The summed E-state index contributed by atoms with van der Waals surface area (Å²) >= 11 is 0. The summed E-state index contributed by atoms with van der Waals surface area (Å²) in [6, 6.07) is 8.70. The molecule has 0 aliphatic carbocycles. The first-order chi connectivity index (χ1) is 9.24. The van der Waals surface area contributed by atoms with Crippen molar-refractivity contribution in [2.45, 2.75) is 44.9 Å². The molecule has 0 aromatic heterocycles. The van der Waals surface area contributed by atoms with Crippen LogP contribution >= 0.6 is 0 Å². The van der Waals surface area contributed by atoms with Gasteiger partial charge in [-0.1, -0.05) is 32.4 Å². The number of likely N-dealkylation sites (tertiary alicyclic amines) is 1. The second-order valence-electron chi connectivity index (χ2n) is 5.79. The molecule has 2 nitrogen and oxygen atoms in total. The van der Waals surface area contributed by atoms with Gasteiger partial charge in [-0.3, -0.25) is 0 Å². The maximum absolute atomic E-state index is 5.40. The van der Waals surface area contributed by atoms with E-state index >= 15 is 0 Å². The van der Waals surface area contributed by atoms with Crippen LogP contribution in [-0.4, -0.2) is 31.6 Å². The molecule has 1 fully saturated rings. The van der Waals surface area contributed by atoms with Gasteiger partial charge in [0.25, 0.3) is 0 Å². The highest BCUT2D eigenvalue weighted by atomic mass is 16.5. The first kappa shape index (κ1) is 14.4. The van der Waals surface area contributed by atoms with E-state index in [4.69, 9.17) is 4.74 Å². The van der Waals surface area contributed by atoms with E-state index in [9.17, 15) is 0 Å². The second kappa shape index (κ2) is 6.42. The fourth-order valence-corrected chi connectivity index (χ4v) is 3.48. The summed E-state index contributed by atoms with van der Waals surface area (Å²) in [4.78, 5) is 2.62. The van der Waals surface area contributed by atoms with Gasteiger partial charge in [-0.05, 0) is 50.0 Å². The van der Waals surface area contributed by atoms with E-state index in [2.05, 4.69) is 36.9 Å². The molecule has 1 saturated heterocycles. The molecule has 106 valence electrons. The molecule has 19 heavy (non-hydrogen) atoms. The van der Waals surface area contributed by atoms with Crippen LogP contribution in [0.15, 0.2) is 24.3 Å². The molecule has 1 atom stereocenters. The fourth-order valence-electron chi connectivity index (χ4n) is 3.48. The van der Waals surface area contributed by atoms with Crippen LogP contribution in [0.4, 0.5) is 0 Å². The van der Waals surface area contributed by atoms with Crippen LogP contribution in [0.2, 0.25) is 0 Å². The summed E-state index contributed by atoms with van der Waals surface area (Å²) in [5.74, 6) is 0.988. The van der Waals surface area contributed by atoms with Crippen LogP contribution in [0.1, 0.15) is 45.1 Å². The quantitative estimate of drug-likeness (QED) is 0.771. The zero-order valence-corrected chi connectivity index (χ0v) is 12.6. The van der Waals surface area contributed by atoms with E-state index in [0.29, 0.717) is 5.41 Å². The average Bonchev–Trinajstić information content (AvgIpc) is 2.84. The first-order valence-corrected chi connectivity index (χ1v) is 7.61. The number of hydrogen-bond donors (Lipinski definition) is 0. The molecular weight excluding hydrogens is 234 g/mol. The molecule has 0 N–H and O–H groups in total. The molecular formula is C17H27NO. The smallest absolute Gasteiger partial charge is 0.119 e. The van der Waals surface area contributed by atoms with Crippen molar-refractivity contribution in [1.29, 1.82) is 0 Å². The molecule has 1 aromatic rings. The molecule has 1 aliphatic heterocycles. The number of benzene rings is 1. The first-order valence-electron chi connectivity index (χ1n) is 7.61. The molecule has 1 aliphatic rings. The van der Waals surface area contributed by atoms with Crippen molar-refractivity contribution in [3.63, 3.8) is 0 Å². The summed E-state index contributed by atoms with van der Waals surface area (Å²) in [6.45, 7) is 8.25. The minimum atomic E-state index is 0.346. The van der Waals surface area contributed by atoms with Gasteiger partial charge in [0.15, 0.2) is 0 Å². The predicted octanol–water partition coefficient (Wildman–Crippen LogP) is 3.85. The van der Waals surface area contributed by atoms with Gasteiger partial charge in [-0.15, -0.1) is 0 Å². The Labute approximate surface area is 117 Å². The van der Waals surface area contributed by atoms with Crippen molar-refractivity contribution in [2.75, 3.05) is 26.7 Å². The van der Waals surface area contributed by atoms with Gasteiger partial charge >= 0.3 is 0 Å². The lowest BCUT2D eigenvalue weighted by Gasteiger charge is -2.30. The van der Waals surface area contributed by atoms with Gasteiger partial charge in [0, 0.05) is 12.0 Å². The summed E-state index contributed by atoms with van der Waals surface area (Å²) in [5.41, 5.74) is 1.81. The third-order valence-electron chi connectivity index (χ3n) is 4.38. The van der Waals surface area contributed by atoms with Gasteiger partial charge < -0.3 is 9.64 Å². The second-order valence-corrected chi connectivity index (χ2v) is 5.79. The molecule has 1 aromatic carbocycles. The SMILES string of the molecule is CCCN1CC[C@@](CCC)(c2cccc(OC)c2)C1. The normalized spacial score (nSPS) is 23.7. The zero-order valence-electron chi connectivity index (χ0n) is 12.6. The highest BCUT2D eigenvalue weighted by Gasteiger charge is 2.38. The molecule has 1 heterocycles. The maximum Gasteiger partial charge on any atom is 0.119 e. The van der Waals surface area contributed by atoms with Gasteiger partial charge in [-0.2, -0.15) is 0 Å². The molecule has 0 bridgehead atoms. The fraction of sp³-hybridized carbons (Fsp3) is 0.647. The van der Waals surface area contributed by atoms with E-state index in [1.54, 1.807) is 7.11 Å². The minimum Gasteiger partial charge on any atom is -0.497 e. The van der Waals surface area contributed by atoms with Crippen molar-refractivity contribution in [2.24, 2.45) is 0 Å². The Morgan fingerprint density at radius 2 is 2.11 bits per heavy atom. The van der Waals surface area contributed by atoms with Gasteiger partial charge in [0.05, 0.1) is 7.11 Å². The summed E-state index contributed by atoms with van der Waals surface area (Å²) in [7, 11) is 1.75. The lowest BCUT2D eigenvalue weighted by Crippen LogP contribution is -2.31. The van der Waals surface area contributed by atoms with Crippen LogP contribution in [0, 0.1) is 0 Å². The largest absolute Gasteiger partial charge is 0.497 e. The van der Waals surface area contributed by atoms with Crippen LogP contribution in [0.5, 0.6) is 5.75 Å². The van der Waals surface area contributed by atoms with Crippen molar-refractivity contribution in [3.8, 4) is 5.75 Å². The van der Waals surface area contributed by atoms with Crippen molar-refractivity contribution in [3.05, 3.63) is 29.8 Å². The third kappa shape index (κ3) is 3.11. The Kier molecular flexibility index (Phi) is 4.87. The number of hydrogen-bond acceptors (Lipinski definition) is 2. The zero-order chi connectivity index (χ0) is 13.7. The van der Waals surface area contributed by atoms with E-state index in [1.807, 2.05) is 6.07 Å². The summed E-state index contributed by atoms with van der Waals surface area (Å²) < 4.78 is 5.40. The Morgan fingerprint density at radius 3 is 2.79 bits per heavy atom. The lowest BCUT2D eigenvalue weighted by molar-refractivity contribution is 0.301. The molecule has 0 unspecified atom stereocenters. The maximum atomic E-state index is 5.40. The van der Waals surface area contributed by atoms with Crippen LogP contribution < -0.4 is 4.74 Å². The highest BCUT2D eigenvalue weighted by Crippen LogP contribution is 2.39. The molecule has 0 saturated carbocycles. The molecule has 2 heteroatoms. The third-order valence-corrected chi connectivity index (χ3v) is 4.38. The predicted molar refractivity (Wildman–Crippen MR) is 80.9 cm³/mol. The average molecular weight is 261 g/mol. The van der Waals surface area contributed by atoms with Crippen molar-refractivity contribution in [1.82, 2.24) is 4.90 Å².